The normalized spacial score (nSPS) is 15.0. The van der Waals surface area contributed by atoms with Crippen LogP contribution in [0.2, 0.25) is 0 Å². The first kappa shape index (κ1) is 18.5. The number of halogens is 1. The molecule has 1 aliphatic rings. The molecule has 138 valence electrons. The van der Waals surface area contributed by atoms with Gasteiger partial charge in [-0.05, 0) is 65.2 Å². The molecule has 7 heteroatoms. The van der Waals surface area contributed by atoms with E-state index in [1.54, 1.807) is 12.1 Å². The van der Waals surface area contributed by atoms with Crippen molar-refractivity contribution in [3.8, 4) is 0 Å². The first-order chi connectivity index (χ1) is 12.4. The molecule has 1 aliphatic heterocycles. The lowest BCUT2D eigenvalue weighted by Crippen LogP contribution is -2.46. The van der Waals surface area contributed by atoms with Gasteiger partial charge in [-0.2, -0.15) is 0 Å². The Balaban J connectivity index is 1.53. The van der Waals surface area contributed by atoms with E-state index in [1.165, 1.54) is 0 Å². The molecule has 2 heterocycles. The largest absolute Gasteiger partial charge is 0.444 e. The number of hydrogen-bond acceptors (Lipinski definition) is 4. The number of carbonyl (C=O) groups is 2. The van der Waals surface area contributed by atoms with Crippen LogP contribution in [0.1, 0.15) is 33.8 Å². The van der Waals surface area contributed by atoms with E-state index in [1.807, 2.05) is 48.2 Å². The summed E-state index contributed by atoms with van der Waals surface area (Å²) in [5, 5.41) is 2.97. The number of furan rings is 1. The molecule has 0 saturated carbocycles. The molecule has 0 aliphatic carbocycles. The average Bonchev–Trinajstić information content (AvgIpc) is 3.08. The number of benzene rings is 1. The zero-order chi connectivity index (χ0) is 18.7. The Kier molecular flexibility index (Phi) is 5.66. The first-order valence-corrected chi connectivity index (χ1v) is 9.36. The lowest BCUT2D eigenvalue weighted by atomic mass is 10.0. The second kappa shape index (κ2) is 7.95. The van der Waals surface area contributed by atoms with Crippen LogP contribution in [0, 0.1) is 0 Å². The Morgan fingerprint density at radius 2 is 1.77 bits per heavy atom. The highest BCUT2D eigenvalue weighted by Gasteiger charge is 2.25. The van der Waals surface area contributed by atoms with Gasteiger partial charge in [0.25, 0.3) is 11.8 Å². The highest BCUT2D eigenvalue weighted by molar-refractivity contribution is 9.10. The average molecular weight is 420 g/mol. The molecule has 0 atom stereocenters. The molecule has 1 aromatic carbocycles. The molecule has 2 amide bonds. The summed E-state index contributed by atoms with van der Waals surface area (Å²) in [5.41, 5.74) is 1.76. The van der Waals surface area contributed by atoms with Gasteiger partial charge in [0.1, 0.15) is 0 Å². The highest BCUT2D eigenvalue weighted by Crippen LogP contribution is 2.18. The maximum atomic E-state index is 12.6. The summed E-state index contributed by atoms with van der Waals surface area (Å²) in [5.74, 6) is 0.103. The van der Waals surface area contributed by atoms with Crippen molar-refractivity contribution in [1.82, 2.24) is 10.2 Å². The van der Waals surface area contributed by atoms with Crippen molar-refractivity contribution < 1.29 is 14.0 Å². The van der Waals surface area contributed by atoms with Crippen molar-refractivity contribution in [3.05, 3.63) is 52.4 Å². The number of nitrogens with one attached hydrogen (secondary N) is 1. The summed E-state index contributed by atoms with van der Waals surface area (Å²) >= 11 is 3.19. The Morgan fingerprint density at radius 3 is 2.31 bits per heavy atom. The highest BCUT2D eigenvalue weighted by atomic mass is 79.9. The number of likely N-dealkylation sites (tertiary alicyclic amines) is 1. The van der Waals surface area contributed by atoms with Crippen molar-refractivity contribution in [3.63, 3.8) is 0 Å². The van der Waals surface area contributed by atoms with Crippen LogP contribution in [0.3, 0.4) is 0 Å². The van der Waals surface area contributed by atoms with Crippen molar-refractivity contribution in [1.29, 1.82) is 0 Å². The van der Waals surface area contributed by atoms with Crippen LogP contribution >= 0.6 is 15.9 Å². The minimum absolute atomic E-state index is 0.0371. The minimum atomic E-state index is -0.222. The molecule has 2 aromatic rings. The smallest absolute Gasteiger partial charge is 0.287 e. The summed E-state index contributed by atoms with van der Waals surface area (Å²) in [6.07, 6.45) is 1.46. The van der Waals surface area contributed by atoms with Gasteiger partial charge in [0, 0.05) is 44.5 Å². The summed E-state index contributed by atoms with van der Waals surface area (Å²) in [6, 6.07) is 11.0. The first-order valence-electron chi connectivity index (χ1n) is 8.57. The second-order valence-corrected chi connectivity index (χ2v) is 7.37. The SMILES string of the molecule is CN(C)c1ccc(C(=O)N2CCC(NC(=O)c3ccc(Br)o3)CC2)cc1. The molecule has 0 bridgehead atoms. The molecular formula is C19H22BrN3O3. The molecule has 6 nitrogen and oxygen atoms in total. The molecule has 1 N–H and O–H groups in total. The zero-order valence-corrected chi connectivity index (χ0v) is 16.5. The van der Waals surface area contributed by atoms with Crippen LogP contribution in [0.15, 0.2) is 45.5 Å². The predicted octanol–water partition coefficient (Wildman–Crippen LogP) is 3.14. The van der Waals surface area contributed by atoms with E-state index < -0.39 is 0 Å². The molecule has 1 saturated heterocycles. The van der Waals surface area contributed by atoms with Gasteiger partial charge in [-0.1, -0.05) is 0 Å². The number of rotatable bonds is 4. The maximum Gasteiger partial charge on any atom is 0.287 e. The van der Waals surface area contributed by atoms with E-state index in [0.717, 1.165) is 18.5 Å². The van der Waals surface area contributed by atoms with Gasteiger partial charge in [0.2, 0.25) is 0 Å². The third-order valence-corrected chi connectivity index (χ3v) is 4.97. The number of amides is 2. The van der Waals surface area contributed by atoms with E-state index >= 15 is 0 Å². The fraction of sp³-hybridized carbons (Fsp3) is 0.368. The quantitative estimate of drug-likeness (QED) is 0.826. The molecule has 3 rings (SSSR count). The van der Waals surface area contributed by atoms with Crippen molar-refractivity contribution >= 4 is 33.4 Å². The van der Waals surface area contributed by atoms with Gasteiger partial charge in [-0.3, -0.25) is 9.59 Å². The lowest BCUT2D eigenvalue weighted by molar-refractivity contribution is 0.0695. The summed E-state index contributed by atoms with van der Waals surface area (Å²) < 4.78 is 5.80. The molecule has 0 radical (unpaired) electrons. The van der Waals surface area contributed by atoms with Crippen LogP contribution < -0.4 is 10.2 Å². The molecule has 1 fully saturated rings. The zero-order valence-electron chi connectivity index (χ0n) is 14.9. The third-order valence-electron chi connectivity index (χ3n) is 4.55. The van der Waals surface area contributed by atoms with Gasteiger partial charge in [0.05, 0.1) is 0 Å². The summed E-state index contributed by atoms with van der Waals surface area (Å²) in [6.45, 7) is 1.25. The fourth-order valence-electron chi connectivity index (χ4n) is 3.00. The number of hydrogen-bond donors (Lipinski definition) is 1. The topological polar surface area (TPSA) is 65.8 Å². The van der Waals surface area contributed by atoms with E-state index in [-0.39, 0.29) is 23.6 Å². The molecule has 0 spiro atoms. The third kappa shape index (κ3) is 4.27. The van der Waals surface area contributed by atoms with Gasteiger partial charge < -0.3 is 19.5 Å². The van der Waals surface area contributed by atoms with E-state index in [2.05, 4.69) is 21.2 Å². The van der Waals surface area contributed by atoms with Gasteiger partial charge in [-0.15, -0.1) is 0 Å². The minimum Gasteiger partial charge on any atom is -0.444 e. The molecule has 1 aromatic heterocycles. The fourth-order valence-corrected chi connectivity index (χ4v) is 3.31. The number of piperidine rings is 1. The monoisotopic (exact) mass is 419 g/mol. The predicted molar refractivity (Wildman–Crippen MR) is 104 cm³/mol. The van der Waals surface area contributed by atoms with Crippen molar-refractivity contribution in [2.45, 2.75) is 18.9 Å². The molecule has 0 unspecified atom stereocenters. The van der Waals surface area contributed by atoms with E-state index in [0.29, 0.717) is 23.3 Å². The molecule has 26 heavy (non-hydrogen) atoms. The second-order valence-electron chi connectivity index (χ2n) is 6.58. The van der Waals surface area contributed by atoms with Gasteiger partial charge in [0.15, 0.2) is 10.4 Å². The number of anilines is 1. The standard InChI is InChI=1S/C19H22BrN3O3/c1-22(2)15-5-3-13(4-6-15)19(25)23-11-9-14(10-12-23)21-18(24)16-7-8-17(20)26-16/h3-8,14H,9-12H2,1-2H3,(H,21,24). The lowest BCUT2D eigenvalue weighted by Gasteiger charge is -2.32. The van der Waals surface area contributed by atoms with Gasteiger partial charge >= 0.3 is 0 Å². The van der Waals surface area contributed by atoms with E-state index in [9.17, 15) is 9.59 Å². The summed E-state index contributed by atoms with van der Waals surface area (Å²) in [7, 11) is 3.94. The van der Waals surface area contributed by atoms with Crippen LogP contribution in [0.4, 0.5) is 5.69 Å². The van der Waals surface area contributed by atoms with Crippen LogP contribution in [0.25, 0.3) is 0 Å². The number of carbonyl (C=O) groups excluding carboxylic acids is 2. The van der Waals surface area contributed by atoms with Gasteiger partial charge in [-0.25, -0.2) is 0 Å². The Bertz CT molecular complexity index is 778. The Morgan fingerprint density at radius 1 is 1.12 bits per heavy atom. The Hall–Kier alpha value is -2.28. The summed E-state index contributed by atoms with van der Waals surface area (Å²) in [4.78, 5) is 28.6. The number of nitrogens with zero attached hydrogens (tertiary/aromatic N) is 2. The molecular weight excluding hydrogens is 398 g/mol. The van der Waals surface area contributed by atoms with Crippen LogP contribution in [-0.4, -0.2) is 49.9 Å². The Labute approximate surface area is 161 Å². The van der Waals surface area contributed by atoms with E-state index in [4.69, 9.17) is 4.42 Å². The van der Waals surface area contributed by atoms with Crippen molar-refractivity contribution in [2.75, 3.05) is 32.1 Å². The maximum absolute atomic E-state index is 12.6. The van der Waals surface area contributed by atoms with Crippen molar-refractivity contribution in [2.24, 2.45) is 0 Å². The van der Waals surface area contributed by atoms with Crippen LogP contribution in [-0.2, 0) is 0 Å². The van der Waals surface area contributed by atoms with Crippen LogP contribution in [0.5, 0.6) is 0 Å².